The smallest absolute Gasteiger partial charge is 0.126 e. The van der Waals surface area contributed by atoms with Gasteiger partial charge in [-0.05, 0) is 62.4 Å². The van der Waals surface area contributed by atoms with Gasteiger partial charge in [-0.15, -0.1) is 0 Å². The first kappa shape index (κ1) is 18.6. The molecule has 0 saturated heterocycles. The van der Waals surface area contributed by atoms with Gasteiger partial charge in [0.25, 0.3) is 0 Å². The maximum atomic E-state index is 14.2. The largest absolute Gasteiger partial charge is 0.302 e. The summed E-state index contributed by atoms with van der Waals surface area (Å²) in [5.41, 5.74) is 4.54. The summed E-state index contributed by atoms with van der Waals surface area (Å²) in [7, 11) is 1.70. The van der Waals surface area contributed by atoms with Gasteiger partial charge >= 0.3 is 0 Å². The Morgan fingerprint density at radius 2 is 1.62 bits per heavy atom. The highest BCUT2D eigenvalue weighted by molar-refractivity contribution is 5.38. The van der Waals surface area contributed by atoms with Crippen molar-refractivity contribution in [2.45, 2.75) is 46.1 Å². The number of hydrogen-bond acceptors (Lipinski definition) is 2. The lowest BCUT2D eigenvalue weighted by Gasteiger charge is -2.30. The first-order chi connectivity index (χ1) is 11.4. The van der Waals surface area contributed by atoms with E-state index in [1.165, 1.54) is 22.8 Å². The summed E-state index contributed by atoms with van der Waals surface area (Å²) < 4.78 is 14.2. The van der Waals surface area contributed by atoms with Crippen LogP contribution in [0.4, 0.5) is 4.39 Å². The Bertz CT molecular complexity index is 648. The SMILES string of the molecule is CON(CC(Cc1ccccc1F)c1c(C)cccc1C)C(C)C. The zero-order chi connectivity index (χ0) is 17.7. The van der Waals surface area contributed by atoms with E-state index in [-0.39, 0.29) is 17.8 Å². The van der Waals surface area contributed by atoms with Crippen molar-refractivity contribution in [3.8, 4) is 0 Å². The van der Waals surface area contributed by atoms with Gasteiger partial charge in [0, 0.05) is 18.5 Å². The lowest BCUT2D eigenvalue weighted by molar-refractivity contribution is -0.156. The summed E-state index contributed by atoms with van der Waals surface area (Å²) in [6.07, 6.45) is 0.658. The number of aryl methyl sites for hydroxylation is 2. The first-order valence-corrected chi connectivity index (χ1v) is 8.54. The summed E-state index contributed by atoms with van der Waals surface area (Å²) in [6, 6.07) is 13.6. The molecular formula is C21H28FNO. The summed E-state index contributed by atoms with van der Waals surface area (Å²) >= 11 is 0. The van der Waals surface area contributed by atoms with Gasteiger partial charge < -0.3 is 4.84 Å². The lowest BCUT2D eigenvalue weighted by atomic mass is 9.86. The molecule has 0 fully saturated rings. The summed E-state index contributed by atoms with van der Waals surface area (Å²) in [5, 5.41) is 1.97. The number of nitrogens with zero attached hydrogens (tertiary/aromatic N) is 1. The van der Waals surface area contributed by atoms with E-state index >= 15 is 0 Å². The van der Waals surface area contributed by atoms with Crippen molar-refractivity contribution in [3.63, 3.8) is 0 Å². The quantitative estimate of drug-likeness (QED) is 0.660. The third kappa shape index (κ3) is 4.43. The molecule has 2 aromatic carbocycles. The van der Waals surface area contributed by atoms with Gasteiger partial charge in [0.05, 0.1) is 7.11 Å². The molecule has 0 amide bonds. The maximum Gasteiger partial charge on any atom is 0.126 e. The Balaban J connectivity index is 2.39. The number of hydroxylamine groups is 2. The van der Waals surface area contributed by atoms with Gasteiger partial charge in [-0.25, -0.2) is 4.39 Å². The minimum Gasteiger partial charge on any atom is -0.302 e. The molecule has 24 heavy (non-hydrogen) atoms. The molecule has 0 aliphatic carbocycles. The fraction of sp³-hybridized carbons (Fsp3) is 0.429. The number of halogens is 1. The van der Waals surface area contributed by atoms with Crippen molar-refractivity contribution < 1.29 is 9.23 Å². The Kier molecular flexibility index (Phi) is 6.52. The van der Waals surface area contributed by atoms with E-state index in [1.54, 1.807) is 13.2 Å². The van der Waals surface area contributed by atoms with E-state index in [0.29, 0.717) is 6.42 Å². The summed E-state index contributed by atoms with van der Waals surface area (Å²) in [5.74, 6) is 0.0349. The molecule has 1 unspecified atom stereocenters. The molecule has 3 heteroatoms. The van der Waals surface area contributed by atoms with Crippen LogP contribution in [-0.4, -0.2) is 24.8 Å². The summed E-state index contributed by atoms with van der Waals surface area (Å²) in [4.78, 5) is 5.55. The topological polar surface area (TPSA) is 12.5 Å². The van der Waals surface area contributed by atoms with Crippen LogP contribution in [0.3, 0.4) is 0 Å². The fourth-order valence-corrected chi connectivity index (χ4v) is 3.37. The molecule has 2 aromatic rings. The zero-order valence-corrected chi connectivity index (χ0v) is 15.3. The zero-order valence-electron chi connectivity index (χ0n) is 15.3. The predicted molar refractivity (Wildman–Crippen MR) is 97.6 cm³/mol. The van der Waals surface area contributed by atoms with Crippen LogP contribution in [0.15, 0.2) is 42.5 Å². The molecule has 1 atom stereocenters. The molecule has 0 heterocycles. The van der Waals surface area contributed by atoms with Gasteiger partial charge in [0.15, 0.2) is 0 Å². The molecule has 0 spiro atoms. The average molecular weight is 329 g/mol. The van der Waals surface area contributed by atoms with Crippen molar-refractivity contribution in [2.75, 3.05) is 13.7 Å². The predicted octanol–water partition coefficient (Wildman–Crippen LogP) is 5.04. The summed E-state index contributed by atoms with van der Waals surface area (Å²) in [6.45, 7) is 9.20. The maximum absolute atomic E-state index is 14.2. The molecule has 0 bridgehead atoms. The average Bonchev–Trinajstić information content (AvgIpc) is 2.53. The first-order valence-electron chi connectivity index (χ1n) is 8.54. The standard InChI is InChI=1S/C21H28FNO/c1-15(2)23(24-5)14-19(13-18-11-6-7-12-20(18)22)21-16(3)9-8-10-17(21)4/h6-12,15,19H,13-14H2,1-5H3. The van der Waals surface area contributed by atoms with Crippen LogP contribution in [0.5, 0.6) is 0 Å². The molecule has 0 N–H and O–H groups in total. The van der Waals surface area contributed by atoms with Crippen molar-refractivity contribution in [2.24, 2.45) is 0 Å². The minimum absolute atomic E-state index is 0.137. The van der Waals surface area contributed by atoms with Gasteiger partial charge in [-0.3, -0.25) is 0 Å². The van der Waals surface area contributed by atoms with Gasteiger partial charge in [-0.2, -0.15) is 5.06 Å². The van der Waals surface area contributed by atoms with Crippen LogP contribution < -0.4 is 0 Å². The van der Waals surface area contributed by atoms with Crippen LogP contribution in [0.2, 0.25) is 0 Å². The Morgan fingerprint density at radius 1 is 1.00 bits per heavy atom. The minimum atomic E-state index is -0.137. The lowest BCUT2D eigenvalue weighted by Crippen LogP contribution is -2.34. The molecule has 130 valence electrons. The molecule has 2 nitrogen and oxygen atoms in total. The van der Waals surface area contributed by atoms with E-state index < -0.39 is 0 Å². The monoisotopic (exact) mass is 329 g/mol. The second-order valence-corrected chi connectivity index (χ2v) is 6.67. The molecular weight excluding hydrogens is 301 g/mol. The molecule has 0 saturated carbocycles. The molecule has 0 aliphatic rings. The van der Waals surface area contributed by atoms with Crippen LogP contribution in [0, 0.1) is 19.7 Å². The second kappa shape index (κ2) is 8.41. The second-order valence-electron chi connectivity index (χ2n) is 6.67. The normalized spacial score (nSPS) is 12.8. The molecule has 0 aromatic heterocycles. The van der Waals surface area contributed by atoms with Crippen molar-refractivity contribution in [1.29, 1.82) is 0 Å². The molecule has 0 radical (unpaired) electrons. The molecule has 2 rings (SSSR count). The van der Waals surface area contributed by atoms with E-state index in [2.05, 4.69) is 45.9 Å². The molecule has 0 aliphatic heterocycles. The fourth-order valence-electron chi connectivity index (χ4n) is 3.37. The van der Waals surface area contributed by atoms with Crippen molar-refractivity contribution in [1.82, 2.24) is 5.06 Å². The highest BCUT2D eigenvalue weighted by Gasteiger charge is 2.22. The van der Waals surface area contributed by atoms with E-state index in [4.69, 9.17) is 4.84 Å². The van der Waals surface area contributed by atoms with Crippen LogP contribution in [0.25, 0.3) is 0 Å². The van der Waals surface area contributed by atoms with Gasteiger partial charge in [0.2, 0.25) is 0 Å². The third-order valence-corrected chi connectivity index (χ3v) is 4.59. The number of benzene rings is 2. The van der Waals surface area contributed by atoms with E-state index in [1.807, 2.05) is 17.2 Å². The highest BCUT2D eigenvalue weighted by Crippen LogP contribution is 2.29. The van der Waals surface area contributed by atoms with Crippen molar-refractivity contribution in [3.05, 3.63) is 70.5 Å². The Hall–Kier alpha value is -1.71. The van der Waals surface area contributed by atoms with Crippen LogP contribution in [0.1, 0.15) is 42.0 Å². The van der Waals surface area contributed by atoms with Crippen molar-refractivity contribution >= 4 is 0 Å². The Labute approximate surface area is 145 Å². The highest BCUT2D eigenvalue weighted by atomic mass is 19.1. The third-order valence-electron chi connectivity index (χ3n) is 4.59. The van der Waals surface area contributed by atoms with Gasteiger partial charge in [0.1, 0.15) is 5.82 Å². The number of rotatable bonds is 7. The Morgan fingerprint density at radius 3 is 2.17 bits per heavy atom. The van der Waals surface area contributed by atoms with E-state index in [0.717, 1.165) is 12.1 Å². The van der Waals surface area contributed by atoms with Crippen LogP contribution >= 0.6 is 0 Å². The number of hydrogen-bond donors (Lipinski definition) is 0. The van der Waals surface area contributed by atoms with E-state index in [9.17, 15) is 4.39 Å². The van der Waals surface area contributed by atoms with Gasteiger partial charge in [-0.1, -0.05) is 36.4 Å². The van der Waals surface area contributed by atoms with Crippen LogP contribution in [-0.2, 0) is 11.3 Å².